The molecule has 0 radical (unpaired) electrons. The summed E-state index contributed by atoms with van der Waals surface area (Å²) < 4.78 is 0.726. The van der Waals surface area contributed by atoms with Gasteiger partial charge in [0.05, 0.1) is 17.1 Å². The third-order valence-electron chi connectivity index (χ3n) is 4.64. The van der Waals surface area contributed by atoms with Crippen molar-refractivity contribution in [3.8, 4) is 0 Å². The normalized spacial score (nSPS) is 15.8. The summed E-state index contributed by atoms with van der Waals surface area (Å²) in [5, 5.41) is 15.2. The van der Waals surface area contributed by atoms with Crippen molar-refractivity contribution in [3.63, 3.8) is 0 Å². The Morgan fingerprint density at radius 1 is 1.20 bits per heavy atom. The Hall–Kier alpha value is -2.91. The maximum Gasteiger partial charge on any atom is 0.237 e. The van der Waals surface area contributed by atoms with Crippen LogP contribution in [0.4, 0.5) is 16.5 Å². The molecule has 3 aromatic rings. The Balaban J connectivity index is 1.39. The molecule has 1 aliphatic heterocycles. The number of hydrogen-bond donors (Lipinski definition) is 2. The molecule has 9 heteroatoms. The molecule has 2 amide bonds. The number of aromatic nitrogens is 2. The van der Waals surface area contributed by atoms with Gasteiger partial charge >= 0.3 is 0 Å². The molecular weight excluding hydrogens is 418 g/mol. The molecule has 0 saturated carbocycles. The van der Waals surface area contributed by atoms with E-state index in [-0.39, 0.29) is 30.0 Å². The van der Waals surface area contributed by atoms with E-state index in [9.17, 15) is 9.59 Å². The van der Waals surface area contributed by atoms with E-state index in [1.807, 2.05) is 61.5 Å². The summed E-state index contributed by atoms with van der Waals surface area (Å²) >= 11 is 2.78. The Kier molecular flexibility index (Phi) is 6.29. The summed E-state index contributed by atoms with van der Waals surface area (Å²) in [5.74, 6) is 0.0711. The standard InChI is InChI=1S/C21H21N5O2S2/c1-14-11-18(27)23-16-9-5-6-10-17(16)26(14)19(28)13-29-21-25-24-20(30-21)22-12-15-7-3-2-4-8-15/h2-10,14H,11-13H2,1H3,(H,22,24)(H,23,27)/t14-/m0/s1. The van der Waals surface area contributed by atoms with E-state index in [4.69, 9.17) is 0 Å². The number of nitrogens with zero attached hydrogens (tertiary/aromatic N) is 3. The minimum absolute atomic E-state index is 0.0644. The van der Waals surface area contributed by atoms with Gasteiger partial charge < -0.3 is 15.5 Å². The van der Waals surface area contributed by atoms with E-state index in [1.165, 1.54) is 23.1 Å². The largest absolute Gasteiger partial charge is 0.356 e. The van der Waals surface area contributed by atoms with Gasteiger partial charge in [-0.15, -0.1) is 10.2 Å². The molecule has 2 heterocycles. The van der Waals surface area contributed by atoms with Gasteiger partial charge in [0.15, 0.2) is 4.34 Å². The van der Waals surface area contributed by atoms with Crippen molar-refractivity contribution >= 4 is 51.4 Å². The van der Waals surface area contributed by atoms with Gasteiger partial charge in [-0.05, 0) is 24.6 Å². The second-order valence-corrected chi connectivity index (χ2v) is 9.08. The summed E-state index contributed by atoms with van der Waals surface area (Å²) in [6.07, 6.45) is 0.261. The Labute approximate surface area is 182 Å². The Bertz CT molecular complexity index is 1040. The highest BCUT2D eigenvalue weighted by Gasteiger charge is 2.29. The molecule has 1 aliphatic rings. The molecule has 0 saturated heterocycles. The predicted molar refractivity (Wildman–Crippen MR) is 121 cm³/mol. The van der Waals surface area contributed by atoms with Crippen LogP contribution in [0.2, 0.25) is 0 Å². The highest BCUT2D eigenvalue weighted by Crippen LogP contribution is 2.33. The van der Waals surface area contributed by atoms with Gasteiger partial charge in [-0.3, -0.25) is 9.59 Å². The van der Waals surface area contributed by atoms with Gasteiger partial charge in [0, 0.05) is 19.0 Å². The number of thioether (sulfide) groups is 1. The highest BCUT2D eigenvalue weighted by molar-refractivity contribution is 8.01. The molecule has 1 atom stereocenters. The SMILES string of the molecule is C[C@H]1CC(=O)Nc2ccccc2N1C(=O)CSc1nnc(NCc2ccccc2)s1. The van der Waals surface area contributed by atoms with E-state index in [0.29, 0.717) is 12.2 Å². The van der Waals surface area contributed by atoms with Crippen molar-refractivity contribution < 1.29 is 9.59 Å². The zero-order chi connectivity index (χ0) is 20.9. The van der Waals surface area contributed by atoms with E-state index >= 15 is 0 Å². The third-order valence-corrected chi connectivity index (χ3v) is 6.64. The van der Waals surface area contributed by atoms with Crippen LogP contribution in [0.3, 0.4) is 0 Å². The first-order chi connectivity index (χ1) is 14.6. The zero-order valence-electron chi connectivity index (χ0n) is 16.4. The van der Waals surface area contributed by atoms with Crippen molar-refractivity contribution in [2.75, 3.05) is 21.3 Å². The first kappa shape index (κ1) is 20.4. The number of fused-ring (bicyclic) bond motifs is 1. The molecule has 2 aromatic carbocycles. The van der Waals surface area contributed by atoms with Gasteiger partial charge in [-0.2, -0.15) is 0 Å². The predicted octanol–water partition coefficient (Wildman–Crippen LogP) is 4.01. The van der Waals surface area contributed by atoms with Crippen LogP contribution >= 0.6 is 23.1 Å². The summed E-state index contributed by atoms with van der Waals surface area (Å²) in [7, 11) is 0. The first-order valence-electron chi connectivity index (χ1n) is 9.55. The molecule has 0 spiro atoms. The molecule has 2 N–H and O–H groups in total. The van der Waals surface area contributed by atoms with Crippen molar-refractivity contribution in [3.05, 3.63) is 60.2 Å². The number of nitrogens with one attached hydrogen (secondary N) is 2. The molecule has 0 fully saturated rings. The number of benzene rings is 2. The second kappa shape index (κ2) is 9.27. The number of carbonyl (C=O) groups excluding carboxylic acids is 2. The molecule has 154 valence electrons. The molecule has 0 unspecified atom stereocenters. The molecule has 7 nitrogen and oxygen atoms in total. The summed E-state index contributed by atoms with van der Waals surface area (Å²) in [6, 6.07) is 17.2. The maximum absolute atomic E-state index is 13.0. The number of hydrogen-bond acceptors (Lipinski definition) is 7. The second-order valence-electron chi connectivity index (χ2n) is 6.88. The maximum atomic E-state index is 13.0. The minimum Gasteiger partial charge on any atom is -0.356 e. The molecular formula is C21H21N5O2S2. The lowest BCUT2D eigenvalue weighted by molar-refractivity contribution is -0.117. The van der Waals surface area contributed by atoms with E-state index < -0.39 is 0 Å². The summed E-state index contributed by atoms with van der Waals surface area (Å²) in [5.41, 5.74) is 2.55. The summed E-state index contributed by atoms with van der Waals surface area (Å²) in [6.45, 7) is 2.56. The van der Waals surface area contributed by atoms with Crippen LogP contribution in [0.1, 0.15) is 18.9 Å². The smallest absolute Gasteiger partial charge is 0.237 e. The lowest BCUT2D eigenvalue weighted by Gasteiger charge is -2.27. The quantitative estimate of drug-likeness (QED) is 0.565. The highest BCUT2D eigenvalue weighted by atomic mass is 32.2. The molecule has 0 aliphatic carbocycles. The van der Waals surface area contributed by atoms with Crippen LogP contribution in [0.5, 0.6) is 0 Å². The fraction of sp³-hybridized carbons (Fsp3) is 0.238. The van der Waals surface area contributed by atoms with Crippen molar-refractivity contribution in [2.24, 2.45) is 0 Å². The third kappa shape index (κ3) is 4.80. The lowest BCUT2D eigenvalue weighted by Crippen LogP contribution is -2.40. The van der Waals surface area contributed by atoms with Gasteiger partial charge in [-0.25, -0.2) is 0 Å². The monoisotopic (exact) mass is 439 g/mol. The molecule has 1 aromatic heterocycles. The number of rotatable bonds is 6. The number of carbonyl (C=O) groups is 2. The fourth-order valence-electron chi connectivity index (χ4n) is 3.27. The van der Waals surface area contributed by atoms with Crippen LogP contribution in [0.25, 0.3) is 0 Å². The average molecular weight is 440 g/mol. The van der Waals surface area contributed by atoms with Gasteiger partial charge in [0.25, 0.3) is 0 Å². The molecule has 4 rings (SSSR count). The van der Waals surface area contributed by atoms with Gasteiger partial charge in [0.1, 0.15) is 0 Å². The topological polar surface area (TPSA) is 87.2 Å². The van der Waals surface area contributed by atoms with Crippen molar-refractivity contribution in [1.82, 2.24) is 10.2 Å². The Morgan fingerprint density at radius 2 is 1.97 bits per heavy atom. The average Bonchev–Trinajstić information content (AvgIpc) is 3.15. The number of anilines is 3. The fourth-order valence-corrected chi connectivity index (χ4v) is 4.88. The van der Waals surface area contributed by atoms with Crippen LogP contribution in [-0.2, 0) is 16.1 Å². The van der Waals surface area contributed by atoms with Crippen molar-refractivity contribution in [1.29, 1.82) is 0 Å². The number of para-hydroxylation sites is 2. The van der Waals surface area contributed by atoms with E-state index in [1.54, 1.807) is 4.90 Å². The lowest BCUT2D eigenvalue weighted by atomic mass is 10.2. The first-order valence-corrected chi connectivity index (χ1v) is 11.4. The van der Waals surface area contributed by atoms with Crippen molar-refractivity contribution in [2.45, 2.75) is 30.3 Å². The number of amides is 2. The summed E-state index contributed by atoms with van der Waals surface area (Å²) in [4.78, 5) is 26.8. The van der Waals surface area contributed by atoms with Crippen LogP contribution in [0.15, 0.2) is 58.9 Å². The molecule has 0 bridgehead atoms. The molecule has 30 heavy (non-hydrogen) atoms. The Morgan fingerprint density at radius 3 is 2.80 bits per heavy atom. The zero-order valence-corrected chi connectivity index (χ0v) is 18.0. The minimum atomic E-state index is -0.223. The van der Waals surface area contributed by atoms with E-state index in [2.05, 4.69) is 20.8 Å². The van der Waals surface area contributed by atoms with Gasteiger partial charge in [0.2, 0.25) is 16.9 Å². The van der Waals surface area contributed by atoms with Gasteiger partial charge in [-0.1, -0.05) is 65.6 Å². The van der Waals surface area contributed by atoms with Crippen LogP contribution < -0.4 is 15.5 Å². The van der Waals surface area contributed by atoms with E-state index in [0.717, 1.165) is 20.7 Å². The van der Waals surface area contributed by atoms with Crippen LogP contribution in [0, 0.1) is 0 Å². The van der Waals surface area contributed by atoms with Crippen LogP contribution in [-0.4, -0.2) is 33.8 Å².